The highest BCUT2D eigenvalue weighted by molar-refractivity contribution is 7.81. The van der Waals surface area contributed by atoms with Gasteiger partial charge in [0.25, 0.3) is 5.91 Å². The molecule has 0 aliphatic carbocycles. The number of unbranched alkanes of at least 4 members (excludes halogenated alkanes) is 2. The smallest absolute Gasteiger partial charge is 0.421 e. The lowest BCUT2D eigenvalue weighted by Gasteiger charge is -2.48. The molecular weight excluding hydrogens is 642 g/mol. The van der Waals surface area contributed by atoms with E-state index in [1.165, 1.54) is 4.90 Å². The molecule has 3 rings (SSSR count). The first-order valence-corrected chi connectivity index (χ1v) is 19.3. The van der Waals surface area contributed by atoms with Gasteiger partial charge in [-0.05, 0) is 72.1 Å². The van der Waals surface area contributed by atoms with Crippen LogP contribution < -0.4 is 11.2 Å². The van der Waals surface area contributed by atoms with Gasteiger partial charge in [0.1, 0.15) is 23.3 Å². The van der Waals surface area contributed by atoms with E-state index in [-0.39, 0.29) is 19.5 Å². The van der Waals surface area contributed by atoms with Crippen molar-refractivity contribution in [2.75, 3.05) is 19.6 Å². The van der Waals surface area contributed by atoms with Crippen molar-refractivity contribution in [1.29, 1.82) is 0 Å². The predicted octanol–water partition coefficient (Wildman–Crippen LogP) is 5.31. The van der Waals surface area contributed by atoms with Crippen molar-refractivity contribution in [1.82, 2.24) is 20.3 Å². The van der Waals surface area contributed by atoms with Gasteiger partial charge in [0.05, 0.1) is 12.6 Å². The molecule has 3 heterocycles. The zero-order valence-electron chi connectivity index (χ0n) is 30.3. The normalized spacial score (nSPS) is 24.3. The Bertz CT molecular complexity index is 1200. The quantitative estimate of drug-likeness (QED) is 0.178. The van der Waals surface area contributed by atoms with Gasteiger partial charge in [0, 0.05) is 18.6 Å². The van der Waals surface area contributed by atoms with Crippen LogP contribution in [0.3, 0.4) is 0 Å². The highest BCUT2D eigenvalue weighted by Gasteiger charge is 2.54. The summed E-state index contributed by atoms with van der Waals surface area (Å²) >= 11 is 0. The summed E-state index contributed by atoms with van der Waals surface area (Å²) in [7, 11) is -4.73. The number of amides is 4. The summed E-state index contributed by atoms with van der Waals surface area (Å²) in [5.41, 5.74) is 6.84. The summed E-state index contributed by atoms with van der Waals surface area (Å²) < 4.78 is 44.4. The number of hydroxylamine groups is 3. The molecule has 0 aromatic carbocycles. The number of nitrogens with one attached hydrogen (secondary N) is 1. The van der Waals surface area contributed by atoms with Gasteiger partial charge < -0.3 is 20.3 Å². The van der Waals surface area contributed by atoms with Crippen LogP contribution in [-0.2, 0) is 33.2 Å². The van der Waals surface area contributed by atoms with Crippen LogP contribution in [-0.4, -0.2) is 95.9 Å². The van der Waals surface area contributed by atoms with Crippen molar-refractivity contribution in [3.63, 3.8) is 0 Å². The second-order valence-electron chi connectivity index (χ2n) is 14.7. The van der Waals surface area contributed by atoms with Gasteiger partial charge in [0.15, 0.2) is 0 Å². The number of rotatable bonds is 18. The summed E-state index contributed by atoms with van der Waals surface area (Å²) in [5.74, 6) is -0.526. The van der Waals surface area contributed by atoms with Crippen LogP contribution in [0.15, 0.2) is 0 Å². The van der Waals surface area contributed by atoms with E-state index in [4.69, 9.17) is 23.8 Å². The molecule has 5 atom stereocenters. The lowest BCUT2D eigenvalue weighted by Crippen LogP contribution is -2.63. The van der Waals surface area contributed by atoms with Crippen LogP contribution in [0.1, 0.15) is 138 Å². The number of hydrogen-bond acceptors (Lipinski definition) is 10. The monoisotopic (exact) mass is 703 g/mol. The second kappa shape index (κ2) is 17.1. The number of urea groups is 1. The number of fused-ring (bicyclic) bond motifs is 2. The van der Waals surface area contributed by atoms with Gasteiger partial charge in [0.2, 0.25) is 0 Å². The topological polar surface area (TPSA) is 170 Å². The first-order chi connectivity index (χ1) is 22.5. The SMILES string of the molecule is CCCCC(N)(CCC)C(CCC)(CCCC)OS(=O)(=O)ON1C(=O)N2CC1CC[C@H]2C(=O)NO[C@H]1CCCN(C(=O)OC(C)(C)C)C1. The molecule has 4 amide bonds. The second-order valence-corrected chi connectivity index (χ2v) is 15.8. The summed E-state index contributed by atoms with van der Waals surface area (Å²) in [6, 6.07) is -2.18. The third kappa shape index (κ3) is 10.2. The highest BCUT2D eigenvalue weighted by Crippen LogP contribution is 2.43. The molecule has 2 bridgehead atoms. The van der Waals surface area contributed by atoms with Gasteiger partial charge >= 0.3 is 22.5 Å². The Morgan fingerprint density at radius 3 is 2.21 bits per heavy atom. The molecule has 0 spiro atoms. The van der Waals surface area contributed by atoms with Crippen molar-refractivity contribution in [2.45, 2.75) is 173 Å². The van der Waals surface area contributed by atoms with E-state index >= 15 is 0 Å². The lowest BCUT2D eigenvalue weighted by molar-refractivity contribution is -0.146. The van der Waals surface area contributed by atoms with E-state index in [1.807, 2.05) is 20.8 Å². The van der Waals surface area contributed by atoms with Crippen LogP contribution in [0, 0.1) is 0 Å². The Balaban J connectivity index is 1.68. The number of piperidine rings is 2. The Labute approximate surface area is 287 Å². The zero-order valence-corrected chi connectivity index (χ0v) is 31.1. The molecule has 0 aromatic rings. The number of carbonyl (C=O) groups excluding carboxylic acids is 3. The number of nitrogens with zero attached hydrogens (tertiary/aromatic N) is 3. The number of nitrogens with two attached hydrogens (primary N) is 1. The summed E-state index contributed by atoms with van der Waals surface area (Å²) in [6.45, 7) is 14.4. The van der Waals surface area contributed by atoms with E-state index in [0.29, 0.717) is 57.9 Å². The summed E-state index contributed by atoms with van der Waals surface area (Å²) in [4.78, 5) is 47.8. The van der Waals surface area contributed by atoms with Gasteiger partial charge in [-0.25, -0.2) is 19.3 Å². The fourth-order valence-corrected chi connectivity index (χ4v) is 8.36. The number of likely N-dealkylation sites (tertiary alicyclic amines) is 1. The molecule has 3 saturated heterocycles. The average molecular weight is 704 g/mol. The molecule has 3 unspecified atom stereocenters. The van der Waals surface area contributed by atoms with Crippen LogP contribution in [0.2, 0.25) is 0 Å². The Kier molecular flexibility index (Phi) is 14.4. The van der Waals surface area contributed by atoms with Gasteiger partial charge in [-0.1, -0.05) is 66.2 Å². The molecule has 3 N–H and O–H groups in total. The van der Waals surface area contributed by atoms with Crippen LogP contribution >= 0.6 is 0 Å². The highest BCUT2D eigenvalue weighted by atomic mass is 32.3. The molecular formula is C33H61N5O9S. The molecule has 3 aliphatic rings. The molecule has 0 radical (unpaired) electrons. The summed E-state index contributed by atoms with van der Waals surface area (Å²) in [6.07, 6.45) is 7.84. The molecule has 0 aromatic heterocycles. The Morgan fingerprint density at radius 1 is 0.917 bits per heavy atom. The Hall–Kier alpha value is -2.20. The van der Waals surface area contributed by atoms with Crippen molar-refractivity contribution in [3.8, 4) is 0 Å². The molecule has 14 nitrogen and oxygen atoms in total. The fourth-order valence-electron chi connectivity index (χ4n) is 7.22. The molecule has 15 heteroatoms. The minimum absolute atomic E-state index is 0.116. The molecule has 3 fully saturated rings. The number of hydrogen-bond donors (Lipinski definition) is 2. The first kappa shape index (κ1) is 40.2. The maximum Gasteiger partial charge on any atom is 0.421 e. The maximum atomic E-state index is 13.7. The van der Waals surface area contributed by atoms with Crippen molar-refractivity contribution in [2.24, 2.45) is 5.73 Å². The zero-order chi connectivity index (χ0) is 35.8. The first-order valence-electron chi connectivity index (χ1n) is 18.0. The Morgan fingerprint density at radius 2 is 1.58 bits per heavy atom. The van der Waals surface area contributed by atoms with Crippen LogP contribution in [0.25, 0.3) is 0 Å². The predicted molar refractivity (Wildman–Crippen MR) is 180 cm³/mol. The van der Waals surface area contributed by atoms with Gasteiger partial charge in [-0.15, -0.1) is 4.28 Å². The molecule has 278 valence electrons. The van der Waals surface area contributed by atoms with Crippen molar-refractivity contribution >= 4 is 28.4 Å². The lowest BCUT2D eigenvalue weighted by atomic mass is 9.69. The van der Waals surface area contributed by atoms with E-state index in [2.05, 4.69) is 12.4 Å². The number of ether oxygens (including phenoxy) is 1. The molecule has 3 aliphatic heterocycles. The van der Waals surface area contributed by atoms with E-state index < -0.39 is 63.4 Å². The van der Waals surface area contributed by atoms with Crippen LogP contribution in [0.5, 0.6) is 0 Å². The minimum Gasteiger partial charge on any atom is -0.444 e. The van der Waals surface area contributed by atoms with E-state index in [9.17, 15) is 22.8 Å². The van der Waals surface area contributed by atoms with E-state index in [0.717, 1.165) is 37.2 Å². The molecule has 0 saturated carbocycles. The minimum atomic E-state index is -4.73. The summed E-state index contributed by atoms with van der Waals surface area (Å²) in [5, 5.41) is 0.837. The standard InChI is InChI=1S/C33H61N5O9S/c1-8-12-20-32(34,18-10-3)33(19-11-4,21-13-9-2)46-48(42,43)47-38-25-16-17-27(37(23-25)29(38)40)28(39)35-45-26-15-14-22-36(24-26)30(41)44-31(5,6)7/h25-27H,8-24,34H2,1-7H3,(H,35,39)/t25?,26-,27-,32?,33?/m0/s1. The number of carbonyl (C=O) groups is 3. The average Bonchev–Trinajstić information content (AvgIpc) is 3.24. The van der Waals surface area contributed by atoms with Crippen molar-refractivity contribution in [3.05, 3.63) is 0 Å². The third-order valence-electron chi connectivity index (χ3n) is 9.58. The third-order valence-corrected chi connectivity index (χ3v) is 10.4. The van der Waals surface area contributed by atoms with E-state index in [1.54, 1.807) is 25.7 Å². The van der Waals surface area contributed by atoms with Gasteiger partial charge in [-0.3, -0.25) is 9.63 Å². The van der Waals surface area contributed by atoms with Crippen LogP contribution in [0.4, 0.5) is 9.59 Å². The largest absolute Gasteiger partial charge is 0.444 e. The molecule has 48 heavy (non-hydrogen) atoms. The van der Waals surface area contributed by atoms with Gasteiger partial charge in [-0.2, -0.15) is 13.5 Å². The fraction of sp³-hybridized carbons (Fsp3) is 0.909. The maximum absolute atomic E-state index is 13.7. The van der Waals surface area contributed by atoms with Crippen molar-refractivity contribution < 1.29 is 40.8 Å².